The zero-order chi connectivity index (χ0) is 14.8. The van der Waals surface area contributed by atoms with Crippen molar-refractivity contribution in [3.05, 3.63) is 44.0 Å². The van der Waals surface area contributed by atoms with Gasteiger partial charge >= 0.3 is 6.36 Å². The maximum Gasteiger partial charge on any atom is 0.573 e. The predicted octanol–water partition coefficient (Wildman–Crippen LogP) is 5.67. The third-order valence-electron chi connectivity index (χ3n) is 2.25. The number of alkyl halides is 3. The Hall–Kier alpha value is -0.920. The molecule has 0 aliphatic rings. The van der Waals surface area contributed by atoms with Gasteiger partial charge in [0, 0.05) is 15.9 Å². The van der Waals surface area contributed by atoms with Crippen LogP contribution in [0.2, 0.25) is 4.34 Å². The first-order valence-corrected chi connectivity index (χ1v) is 7.35. The summed E-state index contributed by atoms with van der Waals surface area (Å²) in [7, 11) is 0. The molecule has 0 atom stereocenters. The standard InChI is InChI=1S/C12H8BrClF3NOS/c13-7-1-3-9(10(5-7)19-12(15,16)17)18-6-8-2-4-11(14)20-8/h1-5,18H,6H2. The molecule has 2 nitrogen and oxygen atoms in total. The van der Waals surface area contributed by atoms with E-state index in [1.54, 1.807) is 12.1 Å². The minimum absolute atomic E-state index is 0.259. The highest BCUT2D eigenvalue weighted by Gasteiger charge is 2.32. The minimum atomic E-state index is -4.73. The first kappa shape index (κ1) is 15.5. The lowest BCUT2D eigenvalue weighted by molar-refractivity contribution is -0.274. The van der Waals surface area contributed by atoms with Gasteiger partial charge < -0.3 is 10.1 Å². The quantitative estimate of drug-likeness (QED) is 0.730. The van der Waals surface area contributed by atoms with Crippen molar-refractivity contribution in [1.29, 1.82) is 0 Å². The number of benzene rings is 1. The summed E-state index contributed by atoms with van der Waals surface area (Å²) >= 11 is 10.3. The van der Waals surface area contributed by atoms with Gasteiger partial charge in [-0.1, -0.05) is 27.5 Å². The normalized spacial score (nSPS) is 11.4. The van der Waals surface area contributed by atoms with E-state index in [2.05, 4.69) is 26.0 Å². The summed E-state index contributed by atoms with van der Waals surface area (Å²) in [6, 6.07) is 7.95. The van der Waals surface area contributed by atoms with Gasteiger partial charge in [-0.3, -0.25) is 0 Å². The zero-order valence-electron chi connectivity index (χ0n) is 9.80. The predicted molar refractivity (Wildman–Crippen MR) is 77.5 cm³/mol. The van der Waals surface area contributed by atoms with Crippen LogP contribution < -0.4 is 10.1 Å². The second kappa shape index (κ2) is 6.24. The van der Waals surface area contributed by atoms with Crippen molar-refractivity contribution in [2.24, 2.45) is 0 Å². The second-order valence-corrected chi connectivity index (χ2v) is 6.46. The highest BCUT2D eigenvalue weighted by Crippen LogP contribution is 2.33. The summed E-state index contributed by atoms with van der Waals surface area (Å²) in [6.45, 7) is 0.368. The fourth-order valence-corrected chi connectivity index (χ4v) is 2.85. The molecule has 0 fully saturated rings. The van der Waals surface area contributed by atoms with E-state index in [4.69, 9.17) is 11.6 Å². The van der Waals surface area contributed by atoms with E-state index in [-0.39, 0.29) is 11.4 Å². The molecule has 0 bridgehead atoms. The smallest absolute Gasteiger partial charge is 0.404 e. The van der Waals surface area contributed by atoms with Gasteiger partial charge in [0.25, 0.3) is 0 Å². The van der Waals surface area contributed by atoms with Gasteiger partial charge in [0.05, 0.1) is 10.0 Å². The Labute approximate surface area is 130 Å². The molecule has 0 aliphatic heterocycles. The molecule has 0 unspecified atom stereocenters. The van der Waals surface area contributed by atoms with E-state index in [1.807, 2.05) is 6.07 Å². The molecule has 1 aromatic heterocycles. The molecular weight excluding hydrogens is 379 g/mol. The Morgan fingerprint density at radius 1 is 1.25 bits per heavy atom. The number of thiophene rings is 1. The monoisotopic (exact) mass is 385 g/mol. The largest absolute Gasteiger partial charge is 0.573 e. The van der Waals surface area contributed by atoms with Gasteiger partial charge in [0.1, 0.15) is 0 Å². The summed E-state index contributed by atoms with van der Waals surface area (Å²) in [5.74, 6) is -0.283. The van der Waals surface area contributed by atoms with Crippen LogP contribution in [-0.2, 0) is 6.54 Å². The second-order valence-electron chi connectivity index (χ2n) is 3.75. The highest BCUT2D eigenvalue weighted by atomic mass is 79.9. The van der Waals surface area contributed by atoms with Crippen LogP contribution >= 0.6 is 38.9 Å². The van der Waals surface area contributed by atoms with Gasteiger partial charge in [-0.25, -0.2) is 0 Å². The molecule has 0 radical (unpaired) electrons. The summed E-state index contributed by atoms with van der Waals surface area (Å²) < 4.78 is 42.1. The molecule has 0 saturated carbocycles. The summed E-state index contributed by atoms with van der Waals surface area (Å²) in [5.41, 5.74) is 0.259. The van der Waals surface area contributed by atoms with Crippen molar-refractivity contribution in [1.82, 2.24) is 0 Å². The lowest BCUT2D eigenvalue weighted by Gasteiger charge is -2.14. The van der Waals surface area contributed by atoms with Gasteiger partial charge in [0.15, 0.2) is 5.75 Å². The number of anilines is 1. The lowest BCUT2D eigenvalue weighted by Crippen LogP contribution is -2.18. The number of hydrogen-bond acceptors (Lipinski definition) is 3. The summed E-state index contributed by atoms with van der Waals surface area (Å²) in [5, 5.41) is 2.90. The van der Waals surface area contributed by atoms with E-state index < -0.39 is 6.36 Å². The van der Waals surface area contributed by atoms with E-state index in [1.165, 1.54) is 23.5 Å². The van der Waals surface area contributed by atoms with E-state index in [9.17, 15) is 13.2 Å². The zero-order valence-corrected chi connectivity index (χ0v) is 13.0. The van der Waals surface area contributed by atoms with Gasteiger partial charge in [-0.15, -0.1) is 24.5 Å². The SMILES string of the molecule is FC(F)(F)Oc1cc(Br)ccc1NCc1ccc(Cl)s1. The molecule has 0 saturated heterocycles. The van der Waals surface area contributed by atoms with Crippen molar-refractivity contribution in [2.45, 2.75) is 12.9 Å². The molecule has 2 aromatic rings. The van der Waals surface area contributed by atoms with E-state index in [0.717, 1.165) is 4.88 Å². The number of rotatable bonds is 4. The molecule has 0 amide bonds. The van der Waals surface area contributed by atoms with Crippen LogP contribution in [0.15, 0.2) is 34.8 Å². The van der Waals surface area contributed by atoms with Gasteiger partial charge in [0.2, 0.25) is 0 Å². The van der Waals surface area contributed by atoms with E-state index in [0.29, 0.717) is 15.4 Å². The molecule has 20 heavy (non-hydrogen) atoms. The van der Waals surface area contributed by atoms with Crippen LogP contribution in [0.25, 0.3) is 0 Å². The Bertz CT molecular complexity index is 603. The molecule has 0 aliphatic carbocycles. The maximum atomic E-state index is 12.3. The molecule has 1 aromatic carbocycles. The fourth-order valence-electron chi connectivity index (χ4n) is 1.48. The minimum Gasteiger partial charge on any atom is -0.404 e. The molecular formula is C12H8BrClF3NOS. The molecule has 8 heteroatoms. The summed E-state index contributed by atoms with van der Waals surface area (Å²) in [4.78, 5) is 0.913. The molecule has 0 spiro atoms. The number of nitrogens with one attached hydrogen (secondary N) is 1. The molecule has 2 rings (SSSR count). The van der Waals surface area contributed by atoms with Crippen molar-refractivity contribution >= 4 is 44.6 Å². The maximum absolute atomic E-state index is 12.3. The Morgan fingerprint density at radius 2 is 2.00 bits per heavy atom. The van der Waals surface area contributed by atoms with Gasteiger partial charge in [-0.2, -0.15) is 0 Å². The van der Waals surface area contributed by atoms with E-state index >= 15 is 0 Å². The highest BCUT2D eigenvalue weighted by molar-refractivity contribution is 9.10. The van der Waals surface area contributed by atoms with Crippen molar-refractivity contribution < 1.29 is 17.9 Å². The third kappa shape index (κ3) is 4.57. The van der Waals surface area contributed by atoms with Crippen molar-refractivity contribution in [3.63, 3.8) is 0 Å². The topological polar surface area (TPSA) is 21.3 Å². The van der Waals surface area contributed by atoms with Crippen molar-refractivity contribution in [3.8, 4) is 5.75 Å². The average molecular weight is 387 g/mol. The van der Waals surface area contributed by atoms with Crippen LogP contribution in [0.1, 0.15) is 4.88 Å². The Morgan fingerprint density at radius 3 is 2.60 bits per heavy atom. The number of hydrogen-bond donors (Lipinski definition) is 1. The van der Waals surface area contributed by atoms with Crippen LogP contribution in [0.4, 0.5) is 18.9 Å². The number of halogens is 5. The first-order chi connectivity index (χ1) is 9.33. The third-order valence-corrected chi connectivity index (χ3v) is 3.98. The fraction of sp³-hybridized carbons (Fsp3) is 0.167. The van der Waals surface area contributed by atoms with Crippen LogP contribution in [0.5, 0.6) is 5.75 Å². The van der Waals surface area contributed by atoms with Crippen LogP contribution in [0, 0.1) is 0 Å². The van der Waals surface area contributed by atoms with Gasteiger partial charge in [-0.05, 0) is 30.3 Å². The first-order valence-electron chi connectivity index (χ1n) is 5.37. The van der Waals surface area contributed by atoms with Crippen molar-refractivity contribution in [2.75, 3.05) is 5.32 Å². The van der Waals surface area contributed by atoms with Crippen LogP contribution in [0.3, 0.4) is 0 Å². The lowest BCUT2D eigenvalue weighted by atomic mass is 10.3. The van der Waals surface area contributed by atoms with Crippen LogP contribution in [-0.4, -0.2) is 6.36 Å². The average Bonchev–Trinajstić information content (AvgIpc) is 2.72. The molecule has 108 valence electrons. The number of ether oxygens (including phenoxy) is 1. The Kier molecular flexibility index (Phi) is 4.82. The molecule has 1 N–H and O–H groups in total. The molecule has 1 heterocycles. The Balaban J connectivity index is 2.14. The summed E-state index contributed by atoms with van der Waals surface area (Å²) in [6.07, 6.45) is -4.73.